The molecule has 0 bridgehead atoms. The van der Waals surface area contributed by atoms with Gasteiger partial charge in [0.15, 0.2) is 16.6 Å². The number of thiazole rings is 1. The van der Waals surface area contributed by atoms with Crippen LogP contribution in [0.3, 0.4) is 0 Å². The summed E-state index contributed by atoms with van der Waals surface area (Å²) in [5.41, 5.74) is 1.18. The van der Waals surface area contributed by atoms with E-state index >= 15 is 0 Å². The summed E-state index contributed by atoms with van der Waals surface area (Å²) in [7, 11) is 0. The summed E-state index contributed by atoms with van der Waals surface area (Å²) in [6, 6.07) is 3.19. The van der Waals surface area contributed by atoms with E-state index in [9.17, 15) is 13.6 Å². The minimum atomic E-state index is -0.923. The number of hydrogen-bond acceptors (Lipinski definition) is 3. The number of fused-ring (bicyclic) bond motifs is 1. The Balaban J connectivity index is 1.65. The summed E-state index contributed by atoms with van der Waals surface area (Å²) < 4.78 is 28.0. The zero-order valence-corrected chi connectivity index (χ0v) is 12.5. The van der Waals surface area contributed by atoms with Crippen LogP contribution in [0.2, 0.25) is 0 Å². The number of carbonyl (C=O) groups excluding carboxylic acids is 1. The van der Waals surface area contributed by atoms with E-state index in [0.29, 0.717) is 11.3 Å². The lowest BCUT2D eigenvalue weighted by atomic mass is 10.1. The van der Waals surface area contributed by atoms with Gasteiger partial charge < -0.3 is 5.32 Å². The van der Waals surface area contributed by atoms with Crippen LogP contribution in [0.4, 0.5) is 8.78 Å². The van der Waals surface area contributed by atoms with Gasteiger partial charge in [0.25, 0.3) is 0 Å². The van der Waals surface area contributed by atoms with Crippen molar-refractivity contribution in [3.63, 3.8) is 0 Å². The third kappa shape index (κ3) is 2.99. The smallest absolute Gasteiger partial charge is 0.226 e. The molecule has 0 aliphatic carbocycles. The number of nitrogens with zero attached hydrogens (tertiary/aromatic N) is 2. The number of hydrogen-bond donors (Lipinski definition) is 1. The molecule has 2 aromatic heterocycles. The molecule has 1 atom stereocenters. The second-order valence-corrected chi connectivity index (χ2v) is 5.84. The molecule has 0 aliphatic rings. The maximum Gasteiger partial charge on any atom is 0.226 e. The van der Waals surface area contributed by atoms with Gasteiger partial charge in [-0.05, 0) is 24.6 Å². The first-order valence-corrected chi connectivity index (χ1v) is 7.56. The van der Waals surface area contributed by atoms with Crippen molar-refractivity contribution in [3.8, 4) is 0 Å². The summed E-state index contributed by atoms with van der Waals surface area (Å²) in [5.74, 6) is -2.05. The highest BCUT2D eigenvalue weighted by Crippen LogP contribution is 2.16. The molecular formula is C15H13F2N3OS. The Morgan fingerprint density at radius 1 is 1.41 bits per heavy atom. The molecule has 1 unspecified atom stereocenters. The van der Waals surface area contributed by atoms with E-state index in [0.717, 1.165) is 17.1 Å². The number of imidazole rings is 1. The van der Waals surface area contributed by atoms with Gasteiger partial charge in [0.05, 0.1) is 18.2 Å². The lowest BCUT2D eigenvalue weighted by Crippen LogP contribution is -2.28. The quantitative estimate of drug-likeness (QED) is 0.802. The minimum absolute atomic E-state index is 0.141. The Labute approximate surface area is 129 Å². The normalized spacial score (nSPS) is 12.5. The highest BCUT2D eigenvalue weighted by molar-refractivity contribution is 7.15. The second-order valence-electron chi connectivity index (χ2n) is 4.96. The highest BCUT2D eigenvalue weighted by Gasteiger charge is 2.14. The maximum absolute atomic E-state index is 13.2. The molecule has 1 N–H and O–H groups in total. The van der Waals surface area contributed by atoms with Gasteiger partial charge in [-0.15, -0.1) is 11.3 Å². The van der Waals surface area contributed by atoms with E-state index in [4.69, 9.17) is 0 Å². The number of halogens is 2. The first-order valence-electron chi connectivity index (χ1n) is 6.68. The summed E-state index contributed by atoms with van der Waals surface area (Å²) in [6.45, 7) is 1.72. The number of amides is 1. The van der Waals surface area contributed by atoms with Crippen molar-refractivity contribution in [3.05, 3.63) is 58.9 Å². The minimum Gasteiger partial charge on any atom is -0.349 e. The summed E-state index contributed by atoms with van der Waals surface area (Å²) in [5, 5.41) is 4.67. The molecule has 114 valence electrons. The van der Waals surface area contributed by atoms with Crippen molar-refractivity contribution in [2.24, 2.45) is 0 Å². The summed E-state index contributed by atoms with van der Waals surface area (Å²) in [4.78, 5) is 17.2. The van der Waals surface area contributed by atoms with Crippen LogP contribution < -0.4 is 5.32 Å². The summed E-state index contributed by atoms with van der Waals surface area (Å²) >= 11 is 1.49. The van der Waals surface area contributed by atoms with Crippen LogP contribution in [0.15, 0.2) is 36.0 Å². The van der Waals surface area contributed by atoms with Crippen LogP contribution in [-0.2, 0) is 11.2 Å². The van der Waals surface area contributed by atoms with Gasteiger partial charge in [-0.25, -0.2) is 13.8 Å². The van der Waals surface area contributed by atoms with E-state index in [1.165, 1.54) is 17.4 Å². The molecule has 0 aliphatic heterocycles. The third-order valence-electron chi connectivity index (χ3n) is 3.31. The Bertz CT molecular complexity index is 799. The lowest BCUT2D eigenvalue weighted by Gasteiger charge is -2.14. The predicted molar refractivity (Wildman–Crippen MR) is 79.7 cm³/mol. The van der Waals surface area contributed by atoms with Gasteiger partial charge >= 0.3 is 0 Å². The van der Waals surface area contributed by atoms with E-state index in [2.05, 4.69) is 10.3 Å². The molecule has 3 aromatic rings. The fourth-order valence-corrected chi connectivity index (χ4v) is 2.90. The topological polar surface area (TPSA) is 46.4 Å². The molecule has 22 heavy (non-hydrogen) atoms. The SMILES string of the molecule is CC(NC(=O)Cc1cn2ccsc2n1)c1ccc(F)c(F)c1. The van der Waals surface area contributed by atoms with E-state index < -0.39 is 17.7 Å². The van der Waals surface area contributed by atoms with Crippen LogP contribution >= 0.6 is 11.3 Å². The molecule has 1 aromatic carbocycles. The molecule has 0 saturated carbocycles. The largest absolute Gasteiger partial charge is 0.349 e. The Hall–Kier alpha value is -2.28. The molecule has 0 saturated heterocycles. The van der Waals surface area contributed by atoms with Crippen LogP contribution in [-0.4, -0.2) is 15.3 Å². The summed E-state index contributed by atoms with van der Waals surface area (Å²) in [6.07, 6.45) is 3.81. The molecule has 0 spiro atoms. The fraction of sp³-hybridized carbons (Fsp3) is 0.200. The highest BCUT2D eigenvalue weighted by atomic mass is 32.1. The number of benzene rings is 1. The first-order chi connectivity index (χ1) is 10.5. The van der Waals surface area contributed by atoms with Crippen molar-refractivity contribution < 1.29 is 13.6 Å². The molecule has 0 radical (unpaired) electrons. The van der Waals surface area contributed by atoms with Crippen LogP contribution in [0.5, 0.6) is 0 Å². The monoisotopic (exact) mass is 321 g/mol. The Morgan fingerprint density at radius 2 is 2.23 bits per heavy atom. The van der Waals surface area contributed by atoms with Crippen molar-refractivity contribution in [1.82, 2.24) is 14.7 Å². The third-order valence-corrected chi connectivity index (χ3v) is 4.08. The van der Waals surface area contributed by atoms with E-state index in [1.54, 1.807) is 13.1 Å². The number of nitrogens with one attached hydrogen (secondary N) is 1. The van der Waals surface area contributed by atoms with Gasteiger partial charge in [-0.3, -0.25) is 9.20 Å². The van der Waals surface area contributed by atoms with Crippen LogP contribution in [0, 0.1) is 11.6 Å². The van der Waals surface area contributed by atoms with Crippen LogP contribution in [0.25, 0.3) is 4.96 Å². The van der Waals surface area contributed by atoms with Crippen LogP contribution in [0.1, 0.15) is 24.2 Å². The zero-order chi connectivity index (χ0) is 15.7. The second kappa shape index (κ2) is 5.84. The van der Waals surface area contributed by atoms with Crippen molar-refractivity contribution in [2.75, 3.05) is 0 Å². The standard InChI is InChI=1S/C15H13F2N3OS/c1-9(10-2-3-12(16)13(17)6-10)18-14(21)7-11-8-20-4-5-22-15(20)19-11/h2-6,8-9H,7H2,1H3,(H,18,21). The number of aromatic nitrogens is 2. The van der Waals surface area contributed by atoms with Gasteiger partial charge in [0.1, 0.15) is 0 Å². The Kier molecular flexibility index (Phi) is 3.89. The number of carbonyl (C=O) groups is 1. The first kappa shape index (κ1) is 14.6. The average Bonchev–Trinajstić information content (AvgIpc) is 3.02. The van der Waals surface area contributed by atoms with Crippen molar-refractivity contribution in [2.45, 2.75) is 19.4 Å². The van der Waals surface area contributed by atoms with Gasteiger partial charge in [-0.1, -0.05) is 6.07 Å². The maximum atomic E-state index is 13.2. The molecule has 3 rings (SSSR count). The predicted octanol–water partition coefficient (Wildman–Crippen LogP) is 3.09. The molecule has 4 nitrogen and oxygen atoms in total. The van der Waals surface area contributed by atoms with E-state index in [1.807, 2.05) is 16.0 Å². The van der Waals surface area contributed by atoms with Crippen molar-refractivity contribution in [1.29, 1.82) is 0 Å². The van der Waals surface area contributed by atoms with Gasteiger partial charge in [0.2, 0.25) is 5.91 Å². The van der Waals surface area contributed by atoms with E-state index in [-0.39, 0.29) is 12.3 Å². The van der Waals surface area contributed by atoms with Gasteiger partial charge in [-0.2, -0.15) is 0 Å². The molecule has 7 heteroatoms. The molecular weight excluding hydrogens is 308 g/mol. The fourth-order valence-electron chi connectivity index (χ4n) is 2.18. The molecule has 2 heterocycles. The van der Waals surface area contributed by atoms with Gasteiger partial charge in [0, 0.05) is 17.8 Å². The van der Waals surface area contributed by atoms with Crippen molar-refractivity contribution >= 4 is 22.2 Å². The Morgan fingerprint density at radius 3 is 2.95 bits per heavy atom. The molecule has 1 amide bonds. The zero-order valence-electron chi connectivity index (χ0n) is 11.7. The lowest BCUT2D eigenvalue weighted by molar-refractivity contribution is -0.121. The molecule has 0 fully saturated rings. The number of rotatable bonds is 4. The average molecular weight is 321 g/mol.